The van der Waals surface area contributed by atoms with Crippen LogP contribution in [-0.4, -0.2) is 60.0 Å². The van der Waals surface area contributed by atoms with E-state index in [4.69, 9.17) is 0 Å². The minimum atomic E-state index is -8.70. The van der Waals surface area contributed by atoms with Crippen LogP contribution in [0, 0.1) is 0 Å². The number of rotatable bonds is 7. The lowest BCUT2D eigenvalue weighted by Gasteiger charge is -2.39. The quantitative estimate of drug-likeness (QED) is 0.295. The van der Waals surface area contributed by atoms with Crippen molar-refractivity contribution in [2.45, 2.75) is 54.0 Å². The molecule has 0 aliphatic carbocycles. The van der Waals surface area contributed by atoms with Gasteiger partial charge in [0.05, 0.1) is 0 Å². The van der Waals surface area contributed by atoms with Crippen molar-refractivity contribution in [1.82, 2.24) is 0 Å². The van der Waals surface area contributed by atoms with Crippen LogP contribution < -0.4 is 0 Å². The van der Waals surface area contributed by atoms with Gasteiger partial charge in [0, 0.05) is 0 Å². The molecule has 0 aliphatic heterocycles. The molecule has 0 aromatic heterocycles. The molecule has 0 heterocycles. The highest BCUT2D eigenvalue weighted by Gasteiger charge is 2.92. The Morgan fingerprint density at radius 1 is 0.406 bits per heavy atom. The van der Waals surface area contributed by atoms with Gasteiger partial charge in [-0.1, -0.05) is 0 Å². The van der Waals surface area contributed by atoms with Crippen molar-refractivity contribution in [2.75, 3.05) is 0 Å². The Hall–Kier alpha value is -1.93. The van der Waals surface area contributed by atoms with E-state index in [0.717, 1.165) is 0 Å². The van der Waals surface area contributed by atoms with E-state index in [1.54, 1.807) is 0 Å². The van der Waals surface area contributed by atoms with Crippen molar-refractivity contribution in [3.05, 3.63) is 0 Å². The van der Waals surface area contributed by atoms with E-state index < -0.39 is 60.0 Å². The van der Waals surface area contributed by atoms with Crippen molar-refractivity contribution >= 4 is 5.97 Å². The van der Waals surface area contributed by atoms with E-state index in [0.29, 0.717) is 0 Å². The zero-order valence-corrected chi connectivity index (χ0v) is 13.4. The largest absolute Gasteiger partial charge is 0.476 e. The summed E-state index contributed by atoms with van der Waals surface area (Å²) >= 11 is 0. The molecule has 0 aliphatic rings. The Labute approximate surface area is 159 Å². The van der Waals surface area contributed by atoms with Crippen molar-refractivity contribution in [3.63, 3.8) is 0 Å². The van der Waals surface area contributed by atoms with E-state index >= 15 is 0 Å². The number of hydrogen-bond donors (Lipinski definition) is 0. The fourth-order valence-corrected chi connectivity index (χ4v) is 1.31. The van der Waals surface area contributed by atoms with Gasteiger partial charge in [0.1, 0.15) is 0 Å². The summed E-state index contributed by atoms with van der Waals surface area (Å²) in [5.41, 5.74) is 0. The molecule has 22 heteroatoms. The Kier molecular flexibility index (Phi) is 6.85. The SMILES string of the molecule is O=C(OC(F)(F)C(F)(F)C(F)(F)F)C(F)(F)C(F)(F)C(F)(F)C(F)(F)C(F)(F)C(F)(F)F. The monoisotopic (exact) mass is 532 g/mol. The second kappa shape index (κ2) is 7.29. The molecule has 192 valence electrons. The smallest absolute Gasteiger partial charge is 0.391 e. The van der Waals surface area contributed by atoms with Crippen LogP contribution in [0.4, 0.5) is 87.8 Å². The maximum Gasteiger partial charge on any atom is 0.476 e. The highest BCUT2D eigenvalue weighted by atomic mass is 19.4. The van der Waals surface area contributed by atoms with Crippen LogP contribution in [0.3, 0.4) is 0 Å². The van der Waals surface area contributed by atoms with Crippen LogP contribution in [-0.2, 0) is 9.53 Å². The lowest BCUT2D eigenvalue weighted by molar-refractivity contribution is -0.441. The molecular formula is C10F20O2. The van der Waals surface area contributed by atoms with Gasteiger partial charge in [-0.05, 0) is 0 Å². The molecule has 0 saturated heterocycles. The highest BCUT2D eigenvalue weighted by molar-refractivity contribution is 5.79. The van der Waals surface area contributed by atoms with Crippen molar-refractivity contribution in [1.29, 1.82) is 0 Å². The van der Waals surface area contributed by atoms with Gasteiger partial charge in [0.15, 0.2) is 0 Å². The summed E-state index contributed by atoms with van der Waals surface area (Å²) in [5.74, 6) is -55.3. The van der Waals surface area contributed by atoms with E-state index in [1.807, 2.05) is 0 Å². The summed E-state index contributed by atoms with van der Waals surface area (Å²) in [4.78, 5) is 10.5. The molecule has 0 radical (unpaired) electrons. The van der Waals surface area contributed by atoms with Gasteiger partial charge in [-0.3, -0.25) is 0 Å². The summed E-state index contributed by atoms with van der Waals surface area (Å²) in [6.07, 6.45) is -23.0. The van der Waals surface area contributed by atoms with Crippen LogP contribution in [0.5, 0.6) is 0 Å². The molecule has 32 heavy (non-hydrogen) atoms. The summed E-state index contributed by atoms with van der Waals surface area (Å²) in [5, 5.41) is 0. The normalized spacial score (nSPS) is 16.2. The minimum absolute atomic E-state index is 1.38. The second-order valence-electron chi connectivity index (χ2n) is 5.35. The molecule has 0 fully saturated rings. The molecule has 0 atom stereocenters. The Morgan fingerprint density at radius 2 is 0.688 bits per heavy atom. The van der Waals surface area contributed by atoms with Crippen LogP contribution in [0.2, 0.25) is 0 Å². The third-order valence-corrected chi connectivity index (χ3v) is 3.13. The van der Waals surface area contributed by atoms with E-state index in [-0.39, 0.29) is 0 Å². The molecule has 0 spiro atoms. The average Bonchev–Trinajstić information content (AvgIpc) is 2.51. The molecular weight excluding hydrogens is 532 g/mol. The van der Waals surface area contributed by atoms with E-state index in [2.05, 4.69) is 0 Å². The molecule has 0 saturated carbocycles. The lowest BCUT2D eigenvalue weighted by atomic mass is 9.94. The van der Waals surface area contributed by atoms with Gasteiger partial charge in [-0.2, -0.15) is 87.8 Å². The number of esters is 1. The Morgan fingerprint density at radius 3 is 0.969 bits per heavy atom. The topological polar surface area (TPSA) is 26.3 Å². The molecule has 0 unspecified atom stereocenters. The first-order chi connectivity index (χ1) is 13.4. The van der Waals surface area contributed by atoms with Crippen LogP contribution >= 0.6 is 0 Å². The molecule has 0 aromatic rings. The Balaban J connectivity index is 6.45. The number of ether oxygens (including phenoxy) is 1. The zero-order valence-electron chi connectivity index (χ0n) is 13.4. The minimum Gasteiger partial charge on any atom is -0.391 e. The van der Waals surface area contributed by atoms with Crippen molar-refractivity contribution in [2.24, 2.45) is 0 Å². The summed E-state index contributed by atoms with van der Waals surface area (Å²) < 4.78 is 251. The number of halogens is 20. The molecule has 0 rings (SSSR count). The number of hydrogen-bond acceptors (Lipinski definition) is 2. The number of carbonyl (C=O) groups excluding carboxylic acids is 1. The lowest BCUT2D eigenvalue weighted by Crippen LogP contribution is -2.71. The standard InChI is InChI=1S/C10F20O2/c11-2(12,1(31)32-10(29,30)7(21,22)9(26,27)28)3(13,14)4(15,16)5(17,18)6(19,20)8(23,24)25. The Bertz CT molecular complexity index is 711. The van der Waals surface area contributed by atoms with Crippen LogP contribution in [0.15, 0.2) is 0 Å². The maximum atomic E-state index is 13.1. The van der Waals surface area contributed by atoms with Gasteiger partial charge in [0.25, 0.3) is 0 Å². The predicted molar refractivity (Wildman–Crippen MR) is 52.8 cm³/mol. The van der Waals surface area contributed by atoms with Gasteiger partial charge in [-0.15, -0.1) is 0 Å². The summed E-state index contributed by atoms with van der Waals surface area (Å²) in [6, 6.07) is 0. The fourth-order valence-electron chi connectivity index (χ4n) is 1.31. The third kappa shape index (κ3) is 3.96. The molecule has 0 N–H and O–H groups in total. The van der Waals surface area contributed by atoms with Crippen LogP contribution in [0.25, 0.3) is 0 Å². The first kappa shape index (κ1) is 30.1. The van der Waals surface area contributed by atoms with Gasteiger partial charge in [-0.25, -0.2) is 4.79 Å². The molecule has 0 amide bonds. The zero-order chi connectivity index (χ0) is 26.8. The van der Waals surface area contributed by atoms with E-state index in [9.17, 15) is 92.6 Å². The molecule has 2 nitrogen and oxygen atoms in total. The van der Waals surface area contributed by atoms with Crippen molar-refractivity contribution in [3.8, 4) is 0 Å². The predicted octanol–water partition coefficient (Wildman–Crippen LogP) is 6.06. The molecule has 0 aromatic carbocycles. The summed E-state index contributed by atoms with van der Waals surface area (Å²) in [7, 11) is 0. The number of carbonyl (C=O) groups is 1. The summed E-state index contributed by atoms with van der Waals surface area (Å²) in [6.45, 7) is 0. The number of alkyl halides is 20. The van der Waals surface area contributed by atoms with Gasteiger partial charge >= 0.3 is 60.0 Å². The first-order valence-corrected chi connectivity index (χ1v) is 6.39. The van der Waals surface area contributed by atoms with Gasteiger partial charge < -0.3 is 4.74 Å². The van der Waals surface area contributed by atoms with E-state index in [1.165, 1.54) is 4.74 Å². The van der Waals surface area contributed by atoms with Crippen LogP contribution in [0.1, 0.15) is 0 Å². The average molecular weight is 532 g/mol. The highest BCUT2D eigenvalue weighted by Crippen LogP contribution is 2.60. The maximum absolute atomic E-state index is 13.1. The van der Waals surface area contributed by atoms with Crippen molar-refractivity contribution < 1.29 is 97.3 Å². The second-order valence-corrected chi connectivity index (χ2v) is 5.35. The molecule has 0 bridgehead atoms. The first-order valence-electron chi connectivity index (χ1n) is 6.39. The third-order valence-electron chi connectivity index (χ3n) is 3.13. The van der Waals surface area contributed by atoms with Gasteiger partial charge in [0.2, 0.25) is 0 Å². The fraction of sp³-hybridized carbons (Fsp3) is 0.900.